The zero-order valence-corrected chi connectivity index (χ0v) is 19.1. The summed E-state index contributed by atoms with van der Waals surface area (Å²) in [5.74, 6) is 0.598. The second-order valence-corrected chi connectivity index (χ2v) is 8.76. The molecule has 3 atom stereocenters. The molecule has 10 heteroatoms. The Bertz CT molecular complexity index is 922. The Morgan fingerprint density at radius 1 is 1.18 bits per heavy atom. The van der Waals surface area contributed by atoms with Gasteiger partial charge in [-0.05, 0) is 51.0 Å². The molecule has 1 N–H and O–H groups in total. The maximum atomic E-state index is 12.5. The highest BCUT2D eigenvalue weighted by atomic mass is 16.6. The molecule has 3 unspecified atom stereocenters. The van der Waals surface area contributed by atoms with Crippen LogP contribution in [0.5, 0.6) is 5.75 Å². The van der Waals surface area contributed by atoms with Crippen molar-refractivity contribution in [3.8, 4) is 17.9 Å². The molecule has 0 aliphatic carbocycles. The number of ether oxygens (including phenoxy) is 3. The fourth-order valence-corrected chi connectivity index (χ4v) is 4.19. The first-order valence-electron chi connectivity index (χ1n) is 10.9. The summed E-state index contributed by atoms with van der Waals surface area (Å²) < 4.78 is 16.0. The van der Waals surface area contributed by atoms with E-state index in [0.717, 1.165) is 12.8 Å². The lowest BCUT2D eigenvalue weighted by molar-refractivity contribution is 0.0113. The molecule has 0 radical (unpaired) electrons. The summed E-state index contributed by atoms with van der Waals surface area (Å²) in [6, 6.07) is 10.7. The van der Waals surface area contributed by atoms with Crippen molar-refractivity contribution in [3.05, 3.63) is 29.8 Å². The maximum absolute atomic E-state index is 12.5. The molecule has 0 spiro atoms. The summed E-state index contributed by atoms with van der Waals surface area (Å²) in [5.41, 5.74) is -0.635. The third-order valence-corrected chi connectivity index (χ3v) is 5.88. The first kappa shape index (κ1) is 24.1. The molecule has 2 fully saturated rings. The molecule has 3 rings (SSSR count). The zero-order valence-electron chi connectivity index (χ0n) is 19.1. The Hall–Kier alpha value is -3.50. The summed E-state index contributed by atoms with van der Waals surface area (Å²) in [6.07, 6.45) is 0.831. The van der Waals surface area contributed by atoms with Crippen LogP contribution >= 0.6 is 0 Å². The van der Waals surface area contributed by atoms with Crippen LogP contribution in [-0.2, 0) is 9.47 Å². The van der Waals surface area contributed by atoms with Crippen molar-refractivity contribution in [2.75, 3.05) is 33.4 Å². The molecular formula is C23H29N5O5. The number of amides is 2. The van der Waals surface area contributed by atoms with Crippen molar-refractivity contribution >= 4 is 12.2 Å². The van der Waals surface area contributed by atoms with Gasteiger partial charge in [-0.25, -0.2) is 9.59 Å². The molecular weight excluding hydrogens is 426 g/mol. The van der Waals surface area contributed by atoms with Crippen LogP contribution in [0.15, 0.2) is 24.3 Å². The number of fused-ring (bicyclic) bond motifs is 2. The van der Waals surface area contributed by atoms with E-state index in [1.165, 1.54) is 7.11 Å². The molecule has 2 amide bonds. The standard InChI is InChI=1S/C23H29N5O5/c1-23(2,15-25)33-22(30)27-12-18-6-7-19(13-27)28(18)11-17(26-21(29)31-3)14-32-20-8-4-16(10-24)5-9-20/h4-5,8-9,17-19H,6-7,11-14H2,1-3H3,(H,26,29). The van der Waals surface area contributed by atoms with Gasteiger partial charge in [-0.15, -0.1) is 0 Å². The van der Waals surface area contributed by atoms with Crippen molar-refractivity contribution < 1.29 is 23.8 Å². The third kappa shape index (κ3) is 6.27. The molecule has 0 aromatic heterocycles. The average Bonchev–Trinajstić information content (AvgIpc) is 3.03. The summed E-state index contributed by atoms with van der Waals surface area (Å²) in [5, 5.41) is 20.9. The summed E-state index contributed by atoms with van der Waals surface area (Å²) >= 11 is 0. The molecule has 0 saturated carbocycles. The van der Waals surface area contributed by atoms with Gasteiger partial charge in [-0.1, -0.05) is 0 Å². The van der Waals surface area contributed by atoms with Crippen molar-refractivity contribution in [2.24, 2.45) is 0 Å². The van der Waals surface area contributed by atoms with Crippen LogP contribution in [0.25, 0.3) is 0 Å². The number of nitrogens with zero attached hydrogens (tertiary/aromatic N) is 4. The molecule has 33 heavy (non-hydrogen) atoms. The van der Waals surface area contributed by atoms with E-state index < -0.39 is 17.8 Å². The number of nitrogens with one attached hydrogen (secondary N) is 1. The number of hydrogen-bond acceptors (Lipinski definition) is 8. The van der Waals surface area contributed by atoms with Crippen LogP contribution in [0.2, 0.25) is 0 Å². The Morgan fingerprint density at radius 3 is 2.36 bits per heavy atom. The van der Waals surface area contributed by atoms with Gasteiger partial charge in [0.25, 0.3) is 0 Å². The van der Waals surface area contributed by atoms with Crippen LogP contribution in [0.1, 0.15) is 32.3 Å². The largest absolute Gasteiger partial charge is 0.491 e. The van der Waals surface area contributed by atoms with Gasteiger partial charge in [0.1, 0.15) is 18.4 Å². The van der Waals surface area contributed by atoms with Gasteiger partial charge in [0.2, 0.25) is 0 Å². The fourth-order valence-electron chi connectivity index (χ4n) is 4.19. The predicted molar refractivity (Wildman–Crippen MR) is 117 cm³/mol. The maximum Gasteiger partial charge on any atom is 0.411 e. The molecule has 176 valence electrons. The number of nitriles is 2. The normalized spacial score (nSPS) is 20.8. The smallest absolute Gasteiger partial charge is 0.411 e. The highest BCUT2D eigenvalue weighted by molar-refractivity contribution is 5.69. The van der Waals surface area contributed by atoms with Crippen LogP contribution in [0.4, 0.5) is 9.59 Å². The van der Waals surface area contributed by atoms with E-state index in [0.29, 0.717) is 30.9 Å². The zero-order chi connectivity index (χ0) is 24.0. The van der Waals surface area contributed by atoms with Crippen molar-refractivity contribution in [1.82, 2.24) is 15.1 Å². The van der Waals surface area contributed by atoms with E-state index in [4.69, 9.17) is 24.7 Å². The molecule has 2 heterocycles. The van der Waals surface area contributed by atoms with Gasteiger partial charge in [-0.3, -0.25) is 4.90 Å². The Balaban J connectivity index is 1.61. The number of piperazine rings is 1. The van der Waals surface area contributed by atoms with Crippen molar-refractivity contribution in [2.45, 2.75) is 50.4 Å². The van der Waals surface area contributed by atoms with E-state index in [1.54, 1.807) is 43.0 Å². The number of likely N-dealkylation sites (tertiary alicyclic amines) is 1. The molecule has 2 bridgehead atoms. The monoisotopic (exact) mass is 455 g/mol. The molecule has 2 aliphatic heterocycles. The minimum Gasteiger partial charge on any atom is -0.491 e. The second-order valence-electron chi connectivity index (χ2n) is 8.76. The van der Waals surface area contributed by atoms with Crippen LogP contribution in [0.3, 0.4) is 0 Å². The lowest BCUT2D eigenvalue weighted by Crippen LogP contribution is -2.59. The van der Waals surface area contributed by atoms with E-state index in [1.807, 2.05) is 6.07 Å². The third-order valence-electron chi connectivity index (χ3n) is 5.88. The molecule has 1 aromatic carbocycles. The van der Waals surface area contributed by atoms with Gasteiger partial charge in [0, 0.05) is 31.7 Å². The molecule has 10 nitrogen and oxygen atoms in total. The topological polar surface area (TPSA) is 128 Å². The van der Waals surface area contributed by atoms with Gasteiger partial charge in [-0.2, -0.15) is 10.5 Å². The van der Waals surface area contributed by atoms with Crippen molar-refractivity contribution in [1.29, 1.82) is 10.5 Å². The average molecular weight is 456 g/mol. The Kier molecular flexibility index (Phi) is 7.62. The summed E-state index contributed by atoms with van der Waals surface area (Å²) in [7, 11) is 1.31. The second kappa shape index (κ2) is 10.4. The highest BCUT2D eigenvalue weighted by Gasteiger charge is 2.43. The lowest BCUT2D eigenvalue weighted by Gasteiger charge is -2.42. The molecule has 2 saturated heterocycles. The Morgan fingerprint density at radius 2 is 1.82 bits per heavy atom. The number of methoxy groups -OCH3 is 1. The highest BCUT2D eigenvalue weighted by Crippen LogP contribution is 2.31. The van der Waals surface area contributed by atoms with E-state index in [-0.39, 0.29) is 24.7 Å². The number of benzene rings is 1. The summed E-state index contributed by atoms with van der Waals surface area (Å²) in [4.78, 5) is 28.4. The Labute approximate surface area is 193 Å². The SMILES string of the molecule is COC(=O)NC(COc1ccc(C#N)cc1)CN1C2CCC1CN(C(=O)OC(C)(C)C#N)C2. The minimum atomic E-state index is -1.18. The molecule has 2 aliphatic rings. The lowest BCUT2D eigenvalue weighted by atomic mass is 10.1. The predicted octanol–water partition coefficient (Wildman–Crippen LogP) is 2.25. The van der Waals surface area contributed by atoms with Crippen LogP contribution < -0.4 is 10.1 Å². The van der Waals surface area contributed by atoms with Crippen molar-refractivity contribution in [3.63, 3.8) is 0 Å². The van der Waals surface area contributed by atoms with Gasteiger partial charge in [0.15, 0.2) is 5.60 Å². The molecule has 1 aromatic rings. The number of carbonyl (C=O) groups excluding carboxylic acids is 2. The van der Waals surface area contributed by atoms with Gasteiger partial charge >= 0.3 is 12.2 Å². The number of rotatable bonds is 7. The first-order valence-corrected chi connectivity index (χ1v) is 10.9. The number of hydrogen-bond donors (Lipinski definition) is 1. The summed E-state index contributed by atoms with van der Waals surface area (Å²) in [6.45, 7) is 4.88. The van der Waals surface area contributed by atoms with E-state index in [9.17, 15) is 9.59 Å². The quantitative estimate of drug-likeness (QED) is 0.663. The van der Waals surface area contributed by atoms with E-state index in [2.05, 4.69) is 16.3 Å². The van der Waals surface area contributed by atoms with E-state index >= 15 is 0 Å². The van der Waals surface area contributed by atoms with Gasteiger partial charge < -0.3 is 24.4 Å². The minimum absolute atomic E-state index is 0.123. The number of alkyl carbamates (subject to hydrolysis) is 1. The van der Waals surface area contributed by atoms with Crippen LogP contribution in [-0.4, -0.2) is 79.1 Å². The first-order chi connectivity index (χ1) is 15.7. The van der Waals surface area contributed by atoms with Crippen LogP contribution in [0, 0.1) is 22.7 Å². The fraction of sp³-hybridized carbons (Fsp3) is 0.565. The van der Waals surface area contributed by atoms with Gasteiger partial charge in [0.05, 0.1) is 24.8 Å². The number of carbonyl (C=O) groups is 2.